The Morgan fingerprint density at radius 2 is 2.27 bits per heavy atom. The number of rotatable bonds is 6. The zero-order chi connectivity index (χ0) is 11.1. The van der Waals surface area contributed by atoms with Crippen LogP contribution in [0.15, 0.2) is 22.8 Å². The number of hydrogen-bond acceptors (Lipinski definition) is 3. The van der Waals surface area contributed by atoms with Crippen molar-refractivity contribution < 1.29 is 4.74 Å². The number of ether oxygens (including phenoxy) is 1. The highest BCUT2D eigenvalue weighted by atomic mass is 79.9. The van der Waals surface area contributed by atoms with Crippen molar-refractivity contribution >= 4 is 15.9 Å². The molecule has 1 rings (SSSR count). The van der Waals surface area contributed by atoms with Crippen molar-refractivity contribution in [2.45, 2.75) is 13.5 Å². The van der Waals surface area contributed by atoms with Crippen LogP contribution in [0.3, 0.4) is 0 Å². The molecule has 0 aliphatic carbocycles. The van der Waals surface area contributed by atoms with Crippen LogP contribution in [0.25, 0.3) is 0 Å². The molecule has 0 spiro atoms. The van der Waals surface area contributed by atoms with Crippen molar-refractivity contribution in [3.05, 3.63) is 28.5 Å². The summed E-state index contributed by atoms with van der Waals surface area (Å²) < 4.78 is 6.08. The standard InChI is InChI=1S/C11H17BrN2O/c1-3-14(6-7-15-2)9-11-5-4-10(12)8-13-11/h4-5,8H,3,6-7,9H2,1-2H3. The molecule has 0 amide bonds. The number of likely N-dealkylation sites (N-methyl/N-ethyl adjacent to an activating group) is 1. The first-order valence-corrected chi connectivity index (χ1v) is 5.87. The van der Waals surface area contributed by atoms with E-state index in [1.165, 1.54) is 0 Å². The Morgan fingerprint density at radius 1 is 1.47 bits per heavy atom. The van der Waals surface area contributed by atoms with Crippen LogP contribution in [0.4, 0.5) is 0 Å². The first-order chi connectivity index (χ1) is 7.26. The third-order valence-electron chi connectivity index (χ3n) is 2.23. The monoisotopic (exact) mass is 272 g/mol. The summed E-state index contributed by atoms with van der Waals surface area (Å²) in [6, 6.07) is 4.06. The molecule has 0 bridgehead atoms. The van der Waals surface area contributed by atoms with E-state index < -0.39 is 0 Å². The highest BCUT2D eigenvalue weighted by molar-refractivity contribution is 9.10. The fourth-order valence-electron chi connectivity index (χ4n) is 1.30. The fourth-order valence-corrected chi connectivity index (χ4v) is 1.53. The largest absolute Gasteiger partial charge is 0.383 e. The predicted octanol–water partition coefficient (Wildman–Crippen LogP) is 2.31. The van der Waals surface area contributed by atoms with Crippen LogP contribution in [0, 0.1) is 0 Å². The average molecular weight is 273 g/mol. The van der Waals surface area contributed by atoms with Crippen molar-refractivity contribution in [1.29, 1.82) is 0 Å². The van der Waals surface area contributed by atoms with E-state index in [1.54, 1.807) is 7.11 Å². The maximum absolute atomic E-state index is 5.06. The van der Waals surface area contributed by atoms with Crippen LogP contribution < -0.4 is 0 Å². The molecular weight excluding hydrogens is 256 g/mol. The number of pyridine rings is 1. The van der Waals surface area contributed by atoms with E-state index in [2.05, 4.69) is 32.7 Å². The first kappa shape index (κ1) is 12.6. The normalized spacial score (nSPS) is 10.9. The van der Waals surface area contributed by atoms with Gasteiger partial charge in [-0.05, 0) is 34.6 Å². The minimum atomic E-state index is 0.768. The molecule has 1 aromatic heterocycles. The molecule has 0 atom stereocenters. The number of methoxy groups -OCH3 is 1. The molecule has 0 N–H and O–H groups in total. The van der Waals surface area contributed by atoms with Crippen LogP contribution in [-0.4, -0.2) is 36.7 Å². The lowest BCUT2D eigenvalue weighted by Crippen LogP contribution is -2.27. The molecular formula is C11H17BrN2O. The topological polar surface area (TPSA) is 25.4 Å². The molecule has 0 aliphatic rings. The maximum atomic E-state index is 5.06. The van der Waals surface area contributed by atoms with Crippen molar-refractivity contribution in [2.24, 2.45) is 0 Å². The first-order valence-electron chi connectivity index (χ1n) is 5.08. The Hall–Kier alpha value is -0.450. The second kappa shape index (κ2) is 6.93. The van der Waals surface area contributed by atoms with Crippen molar-refractivity contribution in [2.75, 3.05) is 26.8 Å². The second-order valence-corrected chi connectivity index (χ2v) is 4.24. The second-order valence-electron chi connectivity index (χ2n) is 3.33. The molecule has 0 radical (unpaired) electrons. The van der Waals surface area contributed by atoms with Gasteiger partial charge in [-0.2, -0.15) is 0 Å². The van der Waals surface area contributed by atoms with Crippen LogP contribution in [0.1, 0.15) is 12.6 Å². The summed E-state index contributed by atoms with van der Waals surface area (Å²) in [7, 11) is 1.73. The minimum absolute atomic E-state index is 0.768. The molecule has 84 valence electrons. The third-order valence-corrected chi connectivity index (χ3v) is 2.70. The van der Waals surface area contributed by atoms with E-state index in [-0.39, 0.29) is 0 Å². The van der Waals surface area contributed by atoms with Crippen LogP contribution in [0.5, 0.6) is 0 Å². The van der Waals surface area contributed by atoms with E-state index in [1.807, 2.05) is 18.3 Å². The number of halogens is 1. The van der Waals surface area contributed by atoms with E-state index >= 15 is 0 Å². The Balaban J connectivity index is 2.47. The van der Waals surface area contributed by atoms with Gasteiger partial charge in [0.2, 0.25) is 0 Å². The number of hydrogen-bond donors (Lipinski definition) is 0. The fraction of sp³-hybridized carbons (Fsp3) is 0.545. The van der Waals surface area contributed by atoms with Gasteiger partial charge in [0.25, 0.3) is 0 Å². The molecule has 15 heavy (non-hydrogen) atoms. The smallest absolute Gasteiger partial charge is 0.0589 e. The lowest BCUT2D eigenvalue weighted by Gasteiger charge is -2.19. The Bertz CT molecular complexity index is 276. The maximum Gasteiger partial charge on any atom is 0.0589 e. The van der Waals surface area contributed by atoms with Gasteiger partial charge in [-0.1, -0.05) is 6.92 Å². The SMILES string of the molecule is CCN(CCOC)Cc1ccc(Br)cn1. The van der Waals surface area contributed by atoms with Gasteiger partial charge in [0.05, 0.1) is 12.3 Å². The molecule has 0 saturated heterocycles. The Morgan fingerprint density at radius 3 is 2.80 bits per heavy atom. The van der Waals surface area contributed by atoms with Gasteiger partial charge in [-0.15, -0.1) is 0 Å². The van der Waals surface area contributed by atoms with E-state index in [9.17, 15) is 0 Å². The summed E-state index contributed by atoms with van der Waals surface area (Å²) in [4.78, 5) is 6.65. The van der Waals surface area contributed by atoms with Crippen LogP contribution >= 0.6 is 15.9 Å². The molecule has 4 heteroatoms. The van der Waals surface area contributed by atoms with E-state index in [4.69, 9.17) is 4.74 Å². The van der Waals surface area contributed by atoms with Gasteiger partial charge in [-0.3, -0.25) is 9.88 Å². The van der Waals surface area contributed by atoms with Gasteiger partial charge >= 0.3 is 0 Å². The van der Waals surface area contributed by atoms with Gasteiger partial charge in [-0.25, -0.2) is 0 Å². The summed E-state index contributed by atoms with van der Waals surface area (Å²) in [5.41, 5.74) is 1.09. The van der Waals surface area contributed by atoms with Crippen LogP contribution in [0.2, 0.25) is 0 Å². The van der Waals surface area contributed by atoms with Gasteiger partial charge in [0.15, 0.2) is 0 Å². The molecule has 1 aromatic rings. The zero-order valence-corrected chi connectivity index (χ0v) is 10.8. The number of nitrogens with zero attached hydrogens (tertiary/aromatic N) is 2. The highest BCUT2D eigenvalue weighted by Gasteiger charge is 2.03. The third kappa shape index (κ3) is 4.73. The Kier molecular flexibility index (Phi) is 5.83. The summed E-state index contributed by atoms with van der Waals surface area (Å²) in [5, 5.41) is 0. The van der Waals surface area contributed by atoms with Gasteiger partial charge in [0.1, 0.15) is 0 Å². The van der Waals surface area contributed by atoms with Gasteiger partial charge < -0.3 is 4.74 Å². The predicted molar refractivity (Wildman–Crippen MR) is 64.8 cm³/mol. The molecule has 3 nitrogen and oxygen atoms in total. The minimum Gasteiger partial charge on any atom is -0.383 e. The quantitative estimate of drug-likeness (QED) is 0.795. The summed E-state index contributed by atoms with van der Waals surface area (Å²) in [6.45, 7) is 5.76. The number of aromatic nitrogens is 1. The van der Waals surface area contributed by atoms with Crippen molar-refractivity contribution in [3.63, 3.8) is 0 Å². The molecule has 0 unspecified atom stereocenters. The van der Waals surface area contributed by atoms with E-state index in [0.717, 1.165) is 36.4 Å². The summed E-state index contributed by atoms with van der Waals surface area (Å²) >= 11 is 3.37. The molecule has 0 aromatic carbocycles. The zero-order valence-electron chi connectivity index (χ0n) is 9.24. The van der Waals surface area contributed by atoms with E-state index in [0.29, 0.717) is 0 Å². The molecule has 1 heterocycles. The lowest BCUT2D eigenvalue weighted by atomic mass is 10.3. The van der Waals surface area contributed by atoms with Crippen molar-refractivity contribution in [3.8, 4) is 0 Å². The Labute approximate surface area is 99.6 Å². The van der Waals surface area contributed by atoms with Gasteiger partial charge in [0, 0.05) is 30.9 Å². The average Bonchev–Trinajstić information content (AvgIpc) is 2.27. The summed E-state index contributed by atoms with van der Waals surface area (Å²) in [6.07, 6.45) is 1.83. The summed E-state index contributed by atoms with van der Waals surface area (Å²) in [5.74, 6) is 0. The lowest BCUT2D eigenvalue weighted by molar-refractivity contribution is 0.147. The molecule has 0 aliphatic heterocycles. The molecule has 0 fully saturated rings. The highest BCUT2D eigenvalue weighted by Crippen LogP contribution is 2.08. The molecule has 0 saturated carbocycles. The van der Waals surface area contributed by atoms with Crippen molar-refractivity contribution in [1.82, 2.24) is 9.88 Å². The van der Waals surface area contributed by atoms with Crippen LogP contribution in [-0.2, 0) is 11.3 Å².